The van der Waals surface area contributed by atoms with Crippen molar-refractivity contribution in [2.75, 3.05) is 5.32 Å². The van der Waals surface area contributed by atoms with Gasteiger partial charge in [0.05, 0.1) is 0 Å². The van der Waals surface area contributed by atoms with Crippen LogP contribution in [0.5, 0.6) is 0 Å². The van der Waals surface area contributed by atoms with Crippen LogP contribution in [0.25, 0.3) is 0 Å². The molecule has 0 fully saturated rings. The zero-order valence-electron chi connectivity index (χ0n) is 9.60. The zero-order valence-corrected chi connectivity index (χ0v) is 9.60. The SMILES string of the molecule is O=CNc1ccc(CCc2ccccc2)cc1. The Labute approximate surface area is 101 Å². The van der Waals surface area contributed by atoms with Gasteiger partial charge < -0.3 is 5.32 Å². The lowest BCUT2D eigenvalue weighted by molar-refractivity contribution is -0.105. The van der Waals surface area contributed by atoms with Gasteiger partial charge in [-0.05, 0) is 36.1 Å². The first-order chi connectivity index (χ1) is 8.38. The molecule has 1 N–H and O–H groups in total. The largest absolute Gasteiger partial charge is 0.329 e. The lowest BCUT2D eigenvalue weighted by Crippen LogP contribution is -1.95. The standard InChI is InChI=1S/C15H15NO/c17-12-16-15-10-8-14(9-11-15)7-6-13-4-2-1-3-5-13/h1-5,8-12H,6-7H2,(H,16,17). The van der Waals surface area contributed by atoms with Gasteiger partial charge in [-0.2, -0.15) is 0 Å². The quantitative estimate of drug-likeness (QED) is 0.778. The van der Waals surface area contributed by atoms with Crippen LogP contribution in [-0.4, -0.2) is 6.41 Å². The highest BCUT2D eigenvalue weighted by molar-refractivity contribution is 5.71. The van der Waals surface area contributed by atoms with Crippen LogP contribution in [0.2, 0.25) is 0 Å². The smallest absolute Gasteiger partial charge is 0.211 e. The number of hydrogen-bond acceptors (Lipinski definition) is 1. The van der Waals surface area contributed by atoms with E-state index in [4.69, 9.17) is 0 Å². The normalized spacial score (nSPS) is 9.88. The molecule has 0 aliphatic heterocycles. The third-order valence-corrected chi connectivity index (χ3v) is 2.72. The number of carbonyl (C=O) groups excluding carboxylic acids is 1. The van der Waals surface area contributed by atoms with E-state index in [0.717, 1.165) is 18.5 Å². The second-order valence-electron chi connectivity index (χ2n) is 3.94. The first-order valence-corrected chi connectivity index (χ1v) is 5.71. The summed E-state index contributed by atoms with van der Waals surface area (Å²) in [4.78, 5) is 10.3. The topological polar surface area (TPSA) is 29.1 Å². The number of anilines is 1. The van der Waals surface area contributed by atoms with E-state index in [-0.39, 0.29) is 0 Å². The Morgan fingerprint density at radius 1 is 0.824 bits per heavy atom. The number of carbonyl (C=O) groups is 1. The lowest BCUT2D eigenvalue weighted by Gasteiger charge is -2.03. The molecule has 2 nitrogen and oxygen atoms in total. The molecular weight excluding hydrogens is 210 g/mol. The van der Waals surface area contributed by atoms with Crippen LogP contribution in [0.4, 0.5) is 5.69 Å². The summed E-state index contributed by atoms with van der Waals surface area (Å²) in [6, 6.07) is 18.4. The van der Waals surface area contributed by atoms with Crippen molar-refractivity contribution in [3.05, 3.63) is 65.7 Å². The lowest BCUT2D eigenvalue weighted by atomic mass is 10.0. The summed E-state index contributed by atoms with van der Waals surface area (Å²) in [5.41, 5.74) is 3.47. The monoisotopic (exact) mass is 225 g/mol. The van der Waals surface area contributed by atoms with Crippen molar-refractivity contribution >= 4 is 12.1 Å². The van der Waals surface area contributed by atoms with Crippen molar-refractivity contribution in [1.29, 1.82) is 0 Å². The molecule has 0 bridgehead atoms. The molecule has 86 valence electrons. The van der Waals surface area contributed by atoms with E-state index in [1.165, 1.54) is 11.1 Å². The van der Waals surface area contributed by atoms with Gasteiger partial charge in [0, 0.05) is 5.69 Å². The summed E-state index contributed by atoms with van der Waals surface area (Å²) in [5, 5.41) is 2.63. The summed E-state index contributed by atoms with van der Waals surface area (Å²) in [5.74, 6) is 0. The minimum Gasteiger partial charge on any atom is -0.329 e. The van der Waals surface area contributed by atoms with Gasteiger partial charge in [-0.25, -0.2) is 0 Å². The summed E-state index contributed by atoms with van der Waals surface area (Å²) < 4.78 is 0. The first kappa shape index (κ1) is 11.4. The van der Waals surface area contributed by atoms with Crippen LogP contribution < -0.4 is 5.32 Å². The predicted molar refractivity (Wildman–Crippen MR) is 70.0 cm³/mol. The molecule has 0 heterocycles. The maximum Gasteiger partial charge on any atom is 0.211 e. The van der Waals surface area contributed by atoms with E-state index in [1.807, 2.05) is 18.2 Å². The molecule has 0 aromatic heterocycles. The molecule has 0 aliphatic rings. The van der Waals surface area contributed by atoms with Crippen molar-refractivity contribution in [3.8, 4) is 0 Å². The van der Waals surface area contributed by atoms with E-state index in [9.17, 15) is 4.79 Å². The maximum absolute atomic E-state index is 10.3. The van der Waals surface area contributed by atoms with Crippen molar-refractivity contribution in [2.24, 2.45) is 0 Å². The molecule has 0 spiro atoms. The number of hydrogen-bond donors (Lipinski definition) is 1. The van der Waals surface area contributed by atoms with Crippen LogP contribution in [0.15, 0.2) is 54.6 Å². The summed E-state index contributed by atoms with van der Waals surface area (Å²) in [7, 11) is 0. The van der Waals surface area contributed by atoms with Crippen LogP contribution in [0.1, 0.15) is 11.1 Å². The van der Waals surface area contributed by atoms with E-state index in [1.54, 1.807) is 0 Å². The molecule has 2 heteroatoms. The van der Waals surface area contributed by atoms with E-state index < -0.39 is 0 Å². The molecule has 0 saturated carbocycles. The Morgan fingerprint density at radius 2 is 1.41 bits per heavy atom. The average molecular weight is 225 g/mol. The van der Waals surface area contributed by atoms with Crippen molar-refractivity contribution in [1.82, 2.24) is 0 Å². The van der Waals surface area contributed by atoms with Gasteiger partial charge in [0.1, 0.15) is 0 Å². The highest BCUT2D eigenvalue weighted by Gasteiger charge is 1.96. The Hall–Kier alpha value is -2.09. The molecule has 0 saturated heterocycles. The predicted octanol–water partition coefficient (Wildman–Crippen LogP) is 3.04. The molecule has 2 aromatic rings. The van der Waals surface area contributed by atoms with Crippen LogP contribution >= 0.6 is 0 Å². The van der Waals surface area contributed by atoms with E-state index in [2.05, 4.69) is 41.7 Å². The minimum atomic E-state index is 0.693. The third-order valence-electron chi connectivity index (χ3n) is 2.72. The maximum atomic E-state index is 10.3. The fraction of sp³-hybridized carbons (Fsp3) is 0.133. The number of aryl methyl sites for hydroxylation is 2. The molecule has 0 unspecified atom stereocenters. The van der Waals surface area contributed by atoms with Crippen molar-refractivity contribution in [3.63, 3.8) is 0 Å². The summed E-state index contributed by atoms with van der Waals surface area (Å²) in [6.45, 7) is 0. The number of amides is 1. The van der Waals surface area contributed by atoms with E-state index >= 15 is 0 Å². The van der Waals surface area contributed by atoms with Gasteiger partial charge in [0.2, 0.25) is 6.41 Å². The fourth-order valence-corrected chi connectivity index (χ4v) is 1.77. The number of benzene rings is 2. The molecule has 2 rings (SSSR count). The molecule has 2 aromatic carbocycles. The molecule has 0 aliphatic carbocycles. The average Bonchev–Trinajstić information content (AvgIpc) is 2.40. The molecule has 1 amide bonds. The molecule has 17 heavy (non-hydrogen) atoms. The Kier molecular flexibility index (Phi) is 3.92. The highest BCUT2D eigenvalue weighted by atomic mass is 16.1. The van der Waals surface area contributed by atoms with Crippen LogP contribution in [-0.2, 0) is 17.6 Å². The second-order valence-corrected chi connectivity index (χ2v) is 3.94. The Bertz CT molecular complexity index is 462. The molecule has 0 atom stereocenters. The van der Waals surface area contributed by atoms with Crippen LogP contribution in [0, 0.1) is 0 Å². The van der Waals surface area contributed by atoms with Gasteiger partial charge in [-0.15, -0.1) is 0 Å². The van der Waals surface area contributed by atoms with Gasteiger partial charge in [-0.1, -0.05) is 42.5 Å². The number of rotatable bonds is 5. The zero-order chi connectivity index (χ0) is 11.9. The summed E-state index contributed by atoms with van der Waals surface area (Å²) in [6.07, 6.45) is 2.76. The van der Waals surface area contributed by atoms with Crippen LogP contribution in [0.3, 0.4) is 0 Å². The molecular formula is C15H15NO. The van der Waals surface area contributed by atoms with Gasteiger partial charge in [0.25, 0.3) is 0 Å². The minimum absolute atomic E-state index is 0.693. The van der Waals surface area contributed by atoms with Gasteiger partial charge in [0.15, 0.2) is 0 Å². The molecule has 0 radical (unpaired) electrons. The van der Waals surface area contributed by atoms with Gasteiger partial charge >= 0.3 is 0 Å². The van der Waals surface area contributed by atoms with Crippen molar-refractivity contribution < 1.29 is 4.79 Å². The second kappa shape index (κ2) is 5.85. The Morgan fingerprint density at radius 3 is 2.00 bits per heavy atom. The van der Waals surface area contributed by atoms with Gasteiger partial charge in [-0.3, -0.25) is 4.79 Å². The van der Waals surface area contributed by atoms with Crippen molar-refractivity contribution in [2.45, 2.75) is 12.8 Å². The fourth-order valence-electron chi connectivity index (χ4n) is 1.77. The Balaban J connectivity index is 1.93. The summed E-state index contributed by atoms with van der Waals surface area (Å²) >= 11 is 0. The highest BCUT2D eigenvalue weighted by Crippen LogP contribution is 2.11. The first-order valence-electron chi connectivity index (χ1n) is 5.71. The number of nitrogens with one attached hydrogen (secondary N) is 1. The third kappa shape index (κ3) is 3.45. The van der Waals surface area contributed by atoms with E-state index in [0.29, 0.717) is 6.41 Å².